The van der Waals surface area contributed by atoms with Crippen molar-refractivity contribution in [3.8, 4) is 0 Å². The van der Waals surface area contributed by atoms with E-state index < -0.39 is 10.0 Å². The average Bonchev–Trinajstić information content (AvgIpc) is 3.21. The minimum atomic E-state index is -3.82. The van der Waals surface area contributed by atoms with Crippen molar-refractivity contribution < 1.29 is 17.9 Å². The Bertz CT molecular complexity index is 881. The number of benzene rings is 1. The Morgan fingerprint density at radius 2 is 2.15 bits per heavy atom. The molecule has 1 saturated heterocycles. The van der Waals surface area contributed by atoms with Gasteiger partial charge in [0, 0.05) is 32.0 Å². The van der Waals surface area contributed by atoms with Crippen molar-refractivity contribution >= 4 is 15.9 Å². The van der Waals surface area contributed by atoms with Crippen LogP contribution in [-0.2, 0) is 21.3 Å². The van der Waals surface area contributed by atoms with Crippen molar-refractivity contribution in [2.45, 2.75) is 30.4 Å². The zero-order valence-corrected chi connectivity index (χ0v) is 16.0. The number of nitrogens with one attached hydrogen (secondary N) is 1. The second-order valence-electron chi connectivity index (χ2n) is 6.36. The van der Waals surface area contributed by atoms with Crippen molar-refractivity contribution in [2.75, 3.05) is 20.2 Å². The Hall–Kier alpha value is -2.29. The molecular weight excluding hydrogens is 366 g/mol. The summed E-state index contributed by atoms with van der Waals surface area (Å²) in [4.78, 5) is 16.2. The van der Waals surface area contributed by atoms with Crippen LogP contribution in [0.25, 0.3) is 0 Å². The molecule has 1 aromatic carbocycles. The summed E-state index contributed by atoms with van der Waals surface area (Å²) < 4.78 is 33.6. The SMILES string of the molecule is CNC(=O)c1cccc(S(=O)(=O)N(Cc2ccccn2)CC2CCCO2)c1. The highest BCUT2D eigenvalue weighted by atomic mass is 32.2. The van der Waals surface area contributed by atoms with Crippen molar-refractivity contribution in [1.82, 2.24) is 14.6 Å². The van der Waals surface area contributed by atoms with Gasteiger partial charge in [0.1, 0.15) is 0 Å². The second kappa shape index (κ2) is 8.60. The summed E-state index contributed by atoms with van der Waals surface area (Å²) in [6.07, 6.45) is 3.25. The molecule has 1 atom stereocenters. The number of hydrogen-bond donors (Lipinski definition) is 1. The Labute approximate surface area is 159 Å². The maximum atomic E-state index is 13.3. The molecule has 0 aliphatic carbocycles. The van der Waals surface area contributed by atoms with E-state index in [0.717, 1.165) is 12.8 Å². The van der Waals surface area contributed by atoms with Crippen molar-refractivity contribution in [3.63, 3.8) is 0 Å². The number of aromatic nitrogens is 1. The van der Waals surface area contributed by atoms with Gasteiger partial charge in [0.2, 0.25) is 10.0 Å². The van der Waals surface area contributed by atoms with E-state index in [4.69, 9.17) is 4.74 Å². The maximum absolute atomic E-state index is 13.3. The lowest BCUT2D eigenvalue weighted by Gasteiger charge is -2.24. The highest BCUT2D eigenvalue weighted by Crippen LogP contribution is 2.22. The summed E-state index contributed by atoms with van der Waals surface area (Å²) in [6.45, 7) is 1.05. The molecule has 7 nitrogen and oxygen atoms in total. The van der Waals surface area contributed by atoms with Gasteiger partial charge in [-0.15, -0.1) is 0 Å². The number of amides is 1. The summed E-state index contributed by atoms with van der Waals surface area (Å²) in [5.74, 6) is -0.331. The zero-order valence-electron chi connectivity index (χ0n) is 15.2. The summed E-state index contributed by atoms with van der Waals surface area (Å²) in [5.41, 5.74) is 0.954. The van der Waals surface area contributed by atoms with Crippen LogP contribution in [0.4, 0.5) is 0 Å². The van der Waals surface area contributed by atoms with Crippen molar-refractivity contribution in [1.29, 1.82) is 0 Å². The van der Waals surface area contributed by atoms with Crippen LogP contribution < -0.4 is 5.32 Å². The Kier molecular flexibility index (Phi) is 6.20. The number of rotatable bonds is 7. The third-order valence-corrected chi connectivity index (χ3v) is 6.26. The first-order valence-corrected chi connectivity index (χ1v) is 10.3. The summed E-state index contributed by atoms with van der Waals surface area (Å²) >= 11 is 0. The van der Waals surface area contributed by atoms with Gasteiger partial charge in [-0.3, -0.25) is 9.78 Å². The van der Waals surface area contributed by atoms with E-state index in [1.165, 1.54) is 23.5 Å². The third kappa shape index (κ3) is 4.71. The lowest BCUT2D eigenvalue weighted by atomic mass is 10.2. The molecule has 1 amide bonds. The van der Waals surface area contributed by atoms with Crippen LogP contribution in [0.2, 0.25) is 0 Å². The standard InChI is InChI=1S/C19H23N3O4S/c1-20-19(23)15-6-4-9-18(12-15)27(24,25)22(14-17-8-5-11-26-17)13-16-7-2-3-10-21-16/h2-4,6-7,9-10,12,17H,5,8,11,13-14H2,1H3,(H,20,23). The molecule has 2 aromatic rings. The third-order valence-electron chi connectivity index (χ3n) is 4.46. The van der Waals surface area contributed by atoms with E-state index in [1.54, 1.807) is 30.5 Å². The van der Waals surface area contributed by atoms with Crippen LogP contribution in [0.1, 0.15) is 28.9 Å². The average molecular weight is 389 g/mol. The molecule has 1 aliphatic rings. The first-order valence-electron chi connectivity index (χ1n) is 8.84. The maximum Gasteiger partial charge on any atom is 0.251 e. The Morgan fingerprint density at radius 3 is 2.81 bits per heavy atom. The zero-order chi connectivity index (χ0) is 19.3. The van der Waals surface area contributed by atoms with Crippen LogP contribution in [0, 0.1) is 0 Å². The molecule has 27 heavy (non-hydrogen) atoms. The number of pyridine rings is 1. The number of carbonyl (C=O) groups is 1. The van der Waals surface area contributed by atoms with Crippen molar-refractivity contribution in [3.05, 3.63) is 59.9 Å². The lowest BCUT2D eigenvalue weighted by Crippen LogP contribution is -2.37. The van der Waals surface area contributed by atoms with E-state index in [2.05, 4.69) is 10.3 Å². The fraction of sp³-hybridized carbons (Fsp3) is 0.368. The van der Waals surface area contributed by atoms with Crippen LogP contribution >= 0.6 is 0 Å². The highest BCUT2D eigenvalue weighted by molar-refractivity contribution is 7.89. The number of sulfonamides is 1. The molecule has 1 unspecified atom stereocenters. The van der Waals surface area contributed by atoms with Gasteiger partial charge in [-0.1, -0.05) is 12.1 Å². The predicted molar refractivity (Wildman–Crippen MR) is 101 cm³/mol. The van der Waals surface area contributed by atoms with Crippen molar-refractivity contribution in [2.24, 2.45) is 0 Å². The van der Waals surface area contributed by atoms with E-state index in [9.17, 15) is 13.2 Å². The largest absolute Gasteiger partial charge is 0.377 e. The fourth-order valence-electron chi connectivity index (χ4n) is 3.03. The summed E-state index contributed by atoms with van der Waals surface area (Å²) in [7, 11) is -2.31. The highest BCUT2D eigenvalue weighted by Gasteiger charge is 2.30. The first kappa shape index (κ1) is 19.5. The Balaban J connectivity index is 1.92. The number of nitrogens with zero attached hydrogens (tertiary/aromatic N) is 2. The lowest BCUT2D eigenvalue weighted by molar-refractivity contribution is 0.0923. The smallest absolute Gasteiger partial charge is 0.251 e. The van der Waals surface area contributed by atoms with E-state index >= 15 is 0 Å². The van der Waals surface area contributed by atoms with Gasteiger partial charge in [-0.05, 0) is 43.2 Å². The van der Waals surface area contributed by atoms with Gasteiger partial charge >= 0.3 is 0 Å². The van der Waals surface area contributed by atoms with Crippen LogP contribution in [0.15, 0.2) is 53.6 Å². The normalized spacial score (nSPS) is 17.2. The number of ether oxygens (including phenoxy) is 1. The van der Waals surface area contributed by atoms with Gasteiger partial charge in [-0.25, -0.2) is 8.42 Å². The fourth-order valence-corrected chi connectivity index (χ4v) is 4.52. The molecule has 0 spiro atoms. The van der Waals surface area contributed by atoms with E-state index in [1.807, 2.05) is 6.07 Å². The molecule has 0 radical (unpaired) electrons. The summed E-state index contributed by atoms with van der Waals surface area (Å²) in [6, 6.07) is 11.5. The molecule has 1 aliphatic heterocycles. The van der Waals surface area contributed by atoms with Crippen LogP contribution in [0.3, 0.4) is 0 Å². The molecule has 1 N–H and O–H groups in total. The molecule has 0 bridgehead atoms. The van der Waals surface area contributed by atoms with Gasteiger partial charge in [-0.2, -0.15) is 4.31 Å². The van der Waals surface area contributed by atoms with Gasteiger partial charge in [0.15, 0.2) is 0 Å². The quantitative estimate of drug-likeness (QED) is 0.780. The molecule has 8 heteroatoms. The van der Waals surface area contributed by atoms with Crippen LogP contribution in [0.5, 0.6) is 0 Å². The Morgan fingerprint density at radius 1 is 1.30 bits per heavy atom. The second-order valence-corrected chi connectivity index (χ2v) is 8.30. The first-order chi connectivity index (χ1) is 13.0. The topological polar surface area (TPSA) is 88.6 Å². The number of hydrogen-bond acceptors (Lipinski definition) is 5. The molecule has 3 rings (SSSR count). The minimum absolute atomic E-state index is 0.0810. The molecular formula is C19H23N3O4S. The predicted octanol–water partition coefficient (Wildman–Crippen LogP) is 1.81. The van der Waals surface area contributed by atoms with Gasteiger partial charge in [0.25, 0.3) is 5.91 Å². The molecule has 144 valence electrons. The molecule has 0 saturated carbocycles. The molecule has 1 fully saturated rings. The van der Waals surface area contributed by atoms with E-state index in [0.29, 0.717) is 17.9 Å². The summed E-state index contributed by atoms with van der Waals surface area (Å²) in [5, 5.41) is 2.51. The number of carbonyl (C=O) groups excluding carboxylic acids is 1. The monoisotopic (exact) mass is 389 g/mol. The van der Waals surface area contributed by atoms with E-state index in [-0.39, 0.29) is 30.0 Å². The van der Waals surface area contributed by atoms with Gasteiger partial charge < -0.3 is 10.1 Å². The molecule has 1 aromatic heterocycles. The minimum Gasteiger partial charge on any atom is -0.377 e. The van der Waals surface area contributed by atoms with Crippen LogP contribution in [-0.4, -0.2) is 49.9 Å². The molecule has 2 heterocycles. The van der Waals surface area contributed by atoms with Gasteiger partial charge in [0.05, 0.1) is 23.2 Å².